The van der Waals surface area contributed by atoms with Gasteiger partial charge in [0.1, 0.15) is 11.6 Å². The zero-order chi connectivity index (χ0) is 18.2. The van der Waals surface area contributed by atoms with Crippen LogP contribution in [0.25, 0.3) is 39.4 Å². The molecule has 5 aromatic rings. The summed E-state index contributed by atoms with van der Waals surface area (Å²) in [6.45, 7) is 2.03. The molecule has 130 valence electrons. The van der Waals surface area contributed by atoms with Crippen LogP contribution in [0.3, 0.4) is 0 Å². The molecule has 0 saturated carbocycles. The topological polar surface area (TPSA) is 31.0 Å². The Morgan fingerprint density at radius 1 is 0.778 bits per heavy atom. The largest absolute Gasteiger partial charge is 0.464 e. The second-order valence-corrected chi connectivity index (χ2v) is 6.66. The van der Waals surface area contributed by atoms with Crippen LogP contribution in [0.2, 0.25) is 0 Å². The van der Waals surface area contributed by atoms with E-state index in [4.69, 9.17) is 9.40 Å². The predicted octanol–water partition coefficient (Wildman–Crippen LogP) is 6.26. The van der Waals surface area contributed by atoms with E-state index in [0.717, 1.165) is 45.0 Å². The first kappa shape index (κ1) is 15.6. The molecule has 0 bridgehead atoms. The molecule has 0 aliphatic rings. The van der Waals surface area contributed by atoms with Gasteiger partial charge in [0.25, 0.3) is 0 Å². The third kappa shape index (κ3) is 2.74. The zero-order valence-corrected chi connectivity index (χ0v) is 15.0. The lowest BCUT2D eigenvalue weighted by molar-refractivity contribution is 0.580. The Hall–Kier alpha value is -3.59. The summed E-state index contributed by atoms with van der Waals surface area (Å²) in [7, 11) is 0. The second-order valence-electron chi connectivity index (χ2n) is 6.66. The Balaban J connectivity index is 1.74. The highest BCUT2D eigenvalue weighted by molar-refractivity contribution is 5.84. The molecule has 2 aromatic heterocycles. The van der Waals surface area contributed by atoms with Gasteiger partial charge >= 0.3 is 0 Å². The van der Waals surface area contributed by atoms with Gasteiger partial charge in [0.15, 0.2) is 0 Å². The van der Waals surface area contributed by atoms with Gasteiger partial charge in [0, 0.05) is 16.8 Å². The summed E-state index contributed by atoms with van der Waals surface area (Å²) in [5.74, 6) is 1.80. The summed E-state index contributed by atoms with van der Waals surface area (Å²) < 4.78 is 7.90. The minimum absolute atomic E-state index is 0.872. The molecule has 0 unspecified atom stereocenters. The van der Waals surface area contributed by atoms with Crippen LogP contribution in [0, 0.1) is 6.92 Å². The molecule has 0 amide bonds. The Morgan fingerprint density at radius 2 is 1.56 bits per heavy atom. The fourth-order valence-corrected chi connectivity index (χ4v) is 3.45. The lowest BCUT2D eigenvalue weighted by atomic mass is 10.1. The van der Waals surface area contributed by atoms with Crippen molar-refractivity contribution < 1.29 is 4.42 Å². The van der Waals surface area contributed by atoms with Crippen LogP contribution < -0.4 is 0 Å². The minimum atomic E-state index is 0.872. The van der Waals surface area contributed by atoms with Crippen LogP contribution in [0.5, 0.6) is 0 Å². The highest BCUT2D eigenvalue weighted by Crippen LogP contribution is 2.31. The van der Waals surface area contributed by atoms with E-state index in [-0.39, 0.29) is 0 Å². The van der Waals surface area contributed by atoms with E-state index in [1.165, 1.54) is 0 Å². The van der Waals surface area contributed by atoms with Gasteiger partial charge in [-0.2, -0.15) is 0 Å². The molecule has 0 fully saturated rings. The molecule has 0 aliphatic carbocycles. The van der Waals surface area contributed by atoms with Crippen LogP contribution in [0.1, 0.15) is 5.56 Å². The van der Waals surface area contributed by atoms with E-state index >= 15 is 0 Å². The summed E-state index contributed by atoms with van der Waals surface area (Å²) >= 11 is 0. The van der Waals surface area contributed by atoms with Crippen molar-refractivity contribution in [1.82, 2.24) is 9.55 Å². The molecule has 0 aliphatic heterocycles. The number of aryl methyl sites for hydroxylation is 1. The number of hydrogen-bond acceptors (Lipinski definition) is 2. The van der Waals surface area contributed by atoms with Crippen LogP contribution in [-0.2, 0) is 0 Å². The number of hydrogen-bond donors (Lipinski definition) is 0. The average molecular weight is 350 g/mol. The molecule has 27 heavy (non-hydrogen) atoms. The highest BCUT2D eigenvalue weighted by Gasteiger charge is 2.15. The smallest absolute Gasteiger partial charge is 0.145 e. The maximum Gasteiger partial charge on any atom is 0.145 e. The fourth-order valence-electron chi connectivity index (χ4n) is 3.45. The summed E-state index contributed by atoms with van der Waals surface area (Å²) in [5, 5.41) is 0. The monoisotopic (exact) mass is 350 g/mol. The predicted molar refractivity (Wildman–Crippen MR) is 109 cm³/mol. The third-order valence-corrected chi connectivity index (χ3v) is 4.71. The van der Waals surface area contributed by atoms with Gasteiger partial charge in [-0.15, -0.1) is 0 Å². The Bertz CT molecular complexity index is 1230. The molecule has 3 nitrogen and oxygen atoms in total. The summed E-state index contributed by atoms with van der Waals surface area (Å²) in [6.07, 6.45) is 1.78. The number of rotatable bonds is 3. The minimum Gasteiger partial charge on any atom is -0.464 e. The molecular weight excluding hydrogens is 332 g/mol. The van der Waals surface area contributed by atoms with Crippen molar-refractivity contribution in [2.75, 3.05) is 0 Å². The zero-order valence-electron chi connectivity index (χ0n) is 15.0. The molecule has 3 aromatic carbocycles. The number of furan rings is 1. The first-order chi connectivity index (χ1) is 13.3. The van der Waals surface area contributed by atoms with E-state index < -0.39 is 0 Å². The Labute approximate surface area is 157 Å². The molecule has 0 atom stereocenters. The van der Waals surface area contributed by atoms with Crippen LogP contribution in [-0.4, -0.2) is 9.55 Å². The van der Waals surface area contributed by atoms with Gasteiger partial charge in [-0.3, -0.25) is 4.57 Å². The molecule has 0 saturated heterocycles. The standard InChI is InChI=1S/C24H18N2O/c1-17-14-23(27-16-17)18-8-7-9-19(15-18)24-25-21-12-5-6-13-22(21)26(24)20-10-3-2-4-11-20/h2-16H,1H3. The number of imidazole rings is 1. The van der Waals surface area contributed by atoms with Gasteiger partial charge in [-0.1, -0.05) is 48.5 Å². The molecule has 5 rings (SSSR count). The second kappa shape index (κ2) is 6.29. The quantitative estimate of drug-likeness (QED) is 0.384. The molecule has 3 heteroatoms. The van der Waals surface area contributed by atoms with Crippen molar-refractivity contribution >= 4 is 11.0 Å². The van der Waals surface area contributed by atoms with Gasteiger partial charge in [0.2, 0.25) is 0 Å². The average Bonchev–Trinajstić information content (AvgIpc) is 3.32. The normalized spacial score (nSPS) is 11.1. The number of nitrogens with zero attached hydrogens (tertiary/aromatic N) is 2. The number of benzene rings is 3. The van der Waals surface area contributed by atoms with E-state index in [2.05, 4.69) is 77.4 Å². The maximum atomic E-state index is 5.69. The first-order valence-corrected chi connectivity index (χ1v) is 8.98. The molecule has 2 heterocycles. The van der Waals surface area contributed by atoms with Crippen LogP contribution in [0.15, 0.2) is 95.6 Å². The van der Waals surface area contributed by atoms with Gasteiger partial charge in [0.05, 0.1) is 17.3 Å². The van der Waals surface area contributed by atoms with E-state index in [1.54, 1.807) is 6.26 Å². The number of para-hydroxylation sites is 3. The molecular formula is C24H18N2O. The molecule has 0 spiro atoms. The van der Waals surface area contributed by atoms with Gasteiger partial charge in [-0.25, -0.2) is 4.98 Å². The van der Waals surface area contributed by atoms with Crippen molar-refractivity contribution in [3.05, 3.63) is 96.8 Å². The summed E-state index contributed by atoms with van der Waals surface area (Å²) in [5.41, 5.74) is 6.40. The number of aromatic nitrogens is 2. The Kier molecular flexibility index (Phi) is 3.65. The first-order valence-electron chi connectivity index (χ1n) is 8.98. The van der Waals surface area contributed by atoms with Crippen LogP contribution in [0.4, 0.5) is 0 Å². The van der Waals surface area contributed by atoms with Crippen molar-refractivity contribution in [2.24, 2.45) is 0 Å². The van der Waals surface area contributed by atoms with Gasteiger partial charge in [-0.05, 0) is 48.9 Å². The molecule has 0 radical (unpaired) electrons. The van der Waals surface area contributed by atoms with E-state index in [0.29, 0.717) is 0 Å². The summed E-state index contributed by atoms with van der Waals surface area (Å²) in [4.78, 5) is 4.93. The fraction of sp³-hybridized carbons (Fsp3) is 0.0417. The molecule has 0 N–H and O–H groups in total. The van der Waals surface area contributed by atoms with Crippen molar-refractivity contribution in [1.29, 1.82) is 0 Å². The van der Waals surface area contributed by atoms with Crippen molar-refractivity contribution in [3.63, 3.8) is 0 Å². The van der Waals surface area contributed by atoms with Gasteiger partial charge < -0.3 is 4.42 Å². The van der Waals surface area contributed by atoms with E-state index in [9.17, 15) is 0 Å². The highest BCUT2D eigenvalue weighted by atomic mass is 16.3. The lowest BCUT2D eigenvalue weighted by Crippen LogP contribution is -1.97. The lowest BCUT2D eigenvalue weighted by Gasteiger charge is -2.10. The van der Waals surface area contributed by atoms with Crippen molar-refractivity contribution in [3.8, 4) is 28.4 Å². The van der Waals surface area contributed by atoms with E-state index in [1.807, 2.05) is 19.1 Å². The van der Waals surface area contributed by atoms with Crippen LogP contribution >= 0.6 is 0 Å². The van der Waals surface area contributed by atoms with Crippen molar-refractivity contribution in [2.45, 2.75) is 6.92 Å². The number of fused-ring (bicyclic) bond motifs is 1. The Morgan fingerprint density at radius 3 is 2.37 bits per heavy atom. The SMILES string of the molecule is Cc1coc(-c2cccc(-c3nc4ccccc4n3-c3ccccc3)c2)c1. The maximum absolute atomic E-state index is 5.69. The third-order valence-electron chi connectivity index (χ3n) is 4.71. The summed E-state index contributed by atoms with van der Waals surface area (Å²) in [6, 6.07) is 29.0.